The number of aliphatic hydroxyl groups is 7. The minimum atomic E-state index is -1.51. The van der Waals surface area contributed by atoms with Gasteiger partial charge >= 0.3 is 5.97 Å². The van der Waals surface area contributed by atoms with Crippen molar-refractivity contribution in [3.63, 3.8) is 0 Å². The predicted molar refractivity (Wildman–Crippen MR) is 271 cm³/mol. The van der Waals surface area contributed by atoms with Gasteiger partial charge in [0.1, 0.15) is 47.6 Å². The Balaban J connectivity index is 0.905. The maximum atomic E-state index is 12.8. The number of nitrogens with two attached hydrogens (primary N) is 3. The number of nitrogens with zero attached hydrogens (tertiary/aromatic N) is 3. The Morgan fingerprint density at radius 2 is 1.68 bits per heavy atom. The number of carbonyl (C=O) groups is 2. The Hall–Kier alpha value is -5.86. The highest BCUT2D eigenvalue weighted by Crippen LogP contribution is 2.42. The van der Waals surface area contributed by atoms with Gasteiger partial charge < -0.3 is 102 Å². The van der Waals surface area contributed by atoms with Crippen LogP contribution >= 0.6 is 12.2 Å². The average molecular weight is 1070 g/mol. The van der Waals surface area contributed by atoms with Crippen LogP contribution in [0.25, 0.3) is 33.4 Å². The Labute approximate surface area is 434 Å². The lowest BCUT2D eigenvalue weighted by Crippen LogP contribution is -2.63. The van der Waals surface area contributed by atoms with Gasteiger partial charge in [0.25, 0.3) is 0 Å². The number of amides is 1. The first-order chi connectivity index (χ1) is 35.9. The van der Waals surface area contributed by atoms with Gasteiger partial charge in [0.15, 0.2) is 23.1 Å². The molecule has 27 heteroatoms. The van der Waals surface area contributed by atoms with E-state index in [1.54, 1.807) is 35.1 Å². The number of anilines is 1. The second kappa shape index (κ2) is 27.8. The number of carboxylic acids is 1. The number of ether oxygens (including phenoxy) is 4. The lowest BCUT2D eigenvalue weighted by Gasteiger charge is -2.40. The van der Waals surface area contributed by atoms with Crippen molar-refractivity contribution in [1.29, 1.82) is 0 Å². The summed E-state index contributed by atoms with van der Waals surface area (Å²) in [6, 6.07) is 10.6. The number of thiocarbonyl (C=S) groups is 1. The Kier molecular flexibility index (Phi) is 21.6. The summed E-state index contributed by atoms with van der Waals surface area (Å²) >= 11 is 5.49. The van der Waals surface area contributed by atoms with Gasteiger partial charge in [-0.2, -0.15) is 0 Å². The minimum absolute atomic E-state index is 0.0164. The summed E-state index contributed by atoms with van der Waals surface area (Å²) in [5.74, 6) is -1.44. The van der Waals surface area contributed by atoms with E-state index in [0.717, 1.165) is 0 Å². The molecule has 0 bridgehead atoms. The van der Waals surface area contributed by atoms with E-state index >= 15 is 0 Å². The number of aromatic carboxylic acids is 1. The van der Waals surface area contributed by atoms with E-state index < -0.39 is 106 Å². The summed E-state index contributed by atoms with van der Waals surface area (Å²) in [7, 11) is 0. The molecule has 75 heavy (non-hydrogen) atoms. The van der Waals surface area contributed by atoms with E-state index in [9.17, 15) is 60.3 Å². The first-order valence-corrected chi connectivity index (χ1v) is 24.4. The fourth-order valence-corrected chi connectivity index (χ4v) is 8.52. The summed E-state index contributed by atoms with van der Waals surface area (Å²) in [5.41, 5.74) is 20.6. The Morgan fingerprint density at radius 1 is 0.920 bits per heavy atom. The van der Waals surface area contributed by atoms with E-state index in [2.05, 4.69) is 26.3 Å². The fraction of sp³-hybridized carbons (Fsp3) is 0.500. The van der Waals surface area contributed by atoms with Crippen LogP contribution in [0, 0.1) is 0 Å². The normalized spacial score (nSPS) is 20.3. The van der Waals surface area contributed by atoms with Crippen LogP contribution < -0.4 is 38.6 Å². The molecule has 0 spiro atoms. The quantitative estimate of drug-likeness (QED) is 0.0108. The van der Waals surface area contributed by atoms with Crippen LogP contribution in [0.1, 0.15) is 41.7 Å². The number of benzene rings is 3. The molecule has 11 atom stereocenters. The van der Waals surface area contributed by atoms with Crippen LogP contribution in [0.4, 0.5) is 5.69 Å². The number of phenolic OH excluding ortho intramolecular Hbond substituents is 1. The Bertz CT molecular complexity index is 2700. The first kappa shape index (κ1) is 58.4. The van der Waals surface area contributed by atoms with Crippen LogP contribution in [0.2, 0.25) is 0 Å². The standard InChI is InChI=1S/C48H65N9O17S/c49-24(23-70-47-45(67)43(51)44(66)39(21-60)74-47)13-33(50)38(20-59)73-41(22-61)72-37(34(64)19-58)17-53-40(65)4-1-3-26-18-57(56-55-26)12-2-11-52-48(75)54-25-5-8-29(32(14-25)46(68)69)42-30-9-6-27(62)15-35(30)71-36-16-28(63)7-10-31(36)42/h5-10,14-16,18,24,33-34,37-39,41,43-45,47,58-62,64,66-67H,1-4,11-13,17,19-23,49-51H2,(H,53,65)(H,68,69)(H2,52,54,75)/t24-,33?,34+,37?,38+,39?,41-,43?,44+,45?,47-/m1/s1. The monoisotopic (exact) mass is 1070 g/mol. The molecule has 26 nitrogen and oxygen atoms in total. The van der Waals surface area contributed by atoms with Crippen molar-refractivity contribution >= 4 is 45.9 Å². The molecule has 410 valence electrons. The smallest absolute Gasteiger partial charge is 0.336 e. The van der Waals surface area contributed by atoms with Crippen molar-refractivity contribution < 1.29 is 78.9 Å². The number of rotatable bonds is 28. The second-order valence-corrected chi connectivity index (χ2v) is 18.3. The van der Waals surface area contributed by atoms with Crippen LogP contribution in [-0.2, 0) is 36.7 Å². The summed E-state index contributed by atoms with van der Waals surface area (Å²) in [6.45, 7) is -2.36. The van der Waals surface area contributed by atoms with Gasteiger partial charge in [-0.15, -0.1) is 5.10 Å². The lowest BCUT2D eigenvalue weighted by molar-refractivity contribution is -0.277. The number of aromatic hydroxyl groups is 1. The number of phenols is 1. The van der Waals surface area contributed by atoms with Crippen molar-refractivity contribution in [3.05, 3.63) is 82.3 Å². The van der Waals surface area contributed by atoms with Crippen molar-refractivity contribution in [2.45, 2.75) is 106 Å². The third-order valence-electron chi connectivity index (χ3n) is 12.3. The molecule has 3 aliphatic rings. The highest BCUT2D eigenvalue weighted by Gasteiger charge is 2.43. The number of hydrogen-bond donors (Lipinski definition) is 15. The summed E-state index contributed by atoms with van der Waals surface area (Å²) in [5, 5.41) is 108. The molecule has 0 radical (unpaired) electrons. The highest BCUT2D eigenvalue weighted by molar-refractivity contribution is 7.80. The zero-order valence-electron chi connectivity index (χ0n) is 40.6. The van der Waals surface area contributed by atoms with E-state index in [0.29, 0.717) is 65.8 Å². The van der Waals surface area contributed by atoms with Crippen molar-refractivity contribution in [2.24, 2.45) is 17.2 Å². The van der Waals surface area contributed by atoms with Gasteiger partial charge in [0, 0.05) is 78.7 Å². The minimum Gasteiger partial charge on any atom is -0.508 e. The van der Waals surface area contributed by atoms with Gasteiger partial charge in [0.2, 0.25) is 5.91 Å². The van der Waals surface area contributed by atoms with Crippen molar-refractivity contribution in [3.8, 4) is 28.2 Å². The molecule has 2 aliphatic heterocycles. The fourth-order valence-electron chi connectivity index (χ4n) is 8.30. The van der Waals surface area contributed by atoms with Crippen molar-refractivity contribution in [1.82, 2.24) is 25.6 Å². The number of carbonyl (C=O) groups excluding carboxylic acids is 1. The molecule has 5 unspecified atom stereocenters. The molecular formula is C48H65N9O17S. The number of hydrogen-bond acceptors (Lipinski definition) is 22. The number of fused-ring (bicyclic) bond motifs is 2. The zero-order valence-corrected chi connectivity index (χ0v) is 41.4. The number of aromatic nitrogens is 3. The molecule has 1 aliphatic carbocycles. The third-order valence-corrected chi connectivity index (χ3v) is 12.5. The SMILES string of the molecule is NC1C(O)[C@H](OC[C@H](N)CC(N)[C@H](CO)O[C@H](CO)OC(CNC(=O)CCCc2cn(CCCNC(=S)Nc3ccc(-c4c5ccc(=O)cc-5oc5cc(O)ccc45)c(C(=O)O)c3)nn2)[C@@H](O)CO)OC(CO)[C@@H]1O. The van der Waals surface area contributed by atoms with Crippen molar-refractivity contribution in [2.75, 3.05) is 51.4 Å². The molecule has 0 saturated carbocycles. The molecule has 18 N–H and O–H groups in total. The van der Waals surface area contributed by atoms with Gasteiger partial charge in [-0.1, -0.05) is 11.3 Å². The molecule has 1 fully saturated rings. The number of aliphatic hydroxyl groups excluding tert-OH is 7. The maximum absolute atomic E-state index is 12.8. The van der Waals surface area contributed by atoms with E-state index in [1.165, 1.54) is 30.3 Å². The summed E-state index contributed by atoms with van der Waals surface area (Å²) in [4.78, 5) is 37.6. The van der Waals surface area contributed by atoms with E-state index in [-0.39, 0.29) is 59.2 Å². The zero-order chi connectivity index (χ0) is 54.3. The van der Waals surface area contributed by atoms with Gasteiger partial charge in [-0.05, 0) is 79.9 Å². The first-order valence-electron chi connectivity index (χ1n) is 24.0. The van der Waals surface area contributed by atoms with Crippen LogP contribution in [0.15, 0.2) is 70.0 Å². The second-order valence-electron chi connectivity index (χ2n) is 17.9. The van der Waals surface area contributed by atoms with Gasteiger partial charge in [-0.25, -0.2) is 4.79 Å². The summed E-state index contributed by atoms with van der Waals surface area (Å²) < 4.78 is 29.8. The van der Waals surface area contributed by atoms with Crippen LogP contribution in [0.3, 0.4) is 0 Å². The molecular weight excluding hydrogens is 1010 g/mol. The molecule has 1 saturated heterocycles. The molecule has 3 aromatic rings. The molecule has 6 rings (SSSR count). The molecule has 1 amide bonds. The summed E-state index contributed by atoms with van der Waals surface area (Å²) in [6.07, 6.45) is -7.39. The van der Waals surface area contributed by atoms with E-state index in [1.807, 2.05) is 0 Å². The Morgan fingerprint density at radius 3 is 2.40 bits per heavy atom. The number of aryl methyl sites for hydroxylation is 2. The lowest BCUT2D eigenvalue weighted by atomic mass is 9.90. The van der Waals surface area contributed by atoms with Crippen LogP contribution in [0.5, 0.6) is 5.75 Å². The van der Waals surface area contributed by atoms with Gasteiger partial charge in [-0.3, -0.25) is 14.3 Å². The predicted octanol–water partition coefficient (Wildman–Crippen LogP) is -2.36. The molecule has 3 heterocycles. The molecule has 2 aromatic carbocycles. The highest BCUT2D eigenvalue weighted by atomic mass is 32.1. The third kappa shape index (κ3) is 15.8. The van der Waals surface area contributed by atoms with E-state index in [4.69, 9.17) is 52.8 Å². The number of nitrogens with one attached hydrogen (secondary N) is 3. The number of carboxylic acid groups (broad SMARTS) is 1. The molecule has 1 aromatic heterocycles. The largest absolute Gasteiger partial charge is 0.508 e. The average Bonchev–Trinajstić information content (AvgIpc) is 3.85. The van der Waals surface area contributed by atoms with Gasteiger partial charge in [0.05, 0.1) is 56.4 Å². The van der Waals surface area contributed by atoms with Crippen LogP contribution in [-0.4, -0.2) is 191 Å². The maximum Gasteiger partial charge on any atom is 0.336 e. The topological polar surface area (TPSA) is 428 Å².